The number of rotatable bonds is 7. The fourth-order valence-electron chi connectivity index (χ4n) is 1.42. The van der Waals surface area contributed by atoms with E-state index in [1.165, 1.54) is 19.4 Å². The molecule has 0 fully saturated rings. The van der Waals surface area contributed by atoms with Crippen molar-refractivity contribution >= 4 is 10.0 Å². The Bertz CT molecular complexity index is 475. The van der Waals surface area contributed by atoms with E-state index in [1.54, 1.807) is 0 Å². The van der Waals surface area contributed by atoms with Crippen molar-refractivity contribution in [2.75, 3.05) is 20.3 Å². The van der Waals surface area contributed by atoms with Gasteiger partial charge in [0.1, 0.15) is 0 Å². The lowest BCUT2D eigenvalue weighted by Crippen LogP contribution is -2.40. The van der Waals surface area contributed by atoms with E-state index >= 15 is 0 Å². The summed E-state index contributed by atoms with van der Waals surface area (Å²) in [5.74, 6) is -0.895. The molecule has 1 atom stereocenters. The number of nitrogens with one attached hydrogen (secondary N) is 1. The second-order valence-electron chi connectivity index (χ2n) is 3.64. The maximum Gasteiger partial charge on any atom is 0.261 e. The predicted octanol–water partition coefficient (Wildman–Crippen LogP) is -0.137. The summed E-state index contributed by atoms with van der Waals surface area (Å²) < 4.78 is 44.4. The summed E-state index contributed by atoms with van der Waals surface area (Å²) in [6.07, 6.45) is 1.60. The van der Waals surface area contributed by atoms with Crippen molar-refractivity contribution in [2.45, 2.75) is 17.5 Å². The third-order valence-corrected chi connectivity index (χ3v) is 3.64. The van der Waals surface area contributed by atoms with Gasteiger partial charge in [-0.1, -0.05) is 0 Å². The highest BCUT2D eigenvalue weighted by Gasteiger charge is 2.24. The van der Waals surface area contributed by atoms with E-state index < -0.39 is 26.9 Å². The number of pyridine rings is 1. The first kappa shape index (κ1) is 15.0. The first-order valence-corrected chi connectivity index (χ1v) is 6.81. The summed E-state index contributed by atoms with van der Waals surface area (Å²) in [6.45, 7) is 0.451. The van der Waals surface area contributed by atoms with Crippen LogP contribution < -0.4 is 10.5 Å². The van der Waals surface area contributed by atoms with Crippen LogP contribution in [-0.2, 0) is 14.8 Å². The van der Waals surface area contributed by atoms with Crippen LogP contribution in [0.4, 0.5) is 4.39 Å². The molecule has 0 amide bonds. The second-order valence-corrected chi connectivity index (χ2v) is 5.27. The van der Waals surface area contributed by atoms with Gasteiger partial charge >= 0.3 is 0 Å². The molecular weight excluding hydrogens is 261 g/mol. The zero-order chi connectivity index (χ0) is 13.6. The van der Waals surface area contributed by atoms with Crippen LogP contribution >= 0.6 is 0 Å². The molecule has 0 aliphatic rings. The molecule has 8 heteroatoms. The third-order valence-electron chi connectivity index (χ3n) is 2.18. The van der Waals surface area contributed by atoms with Crippen LogP contribution in [-0.4, -0.2) is 39.7 Å². The molecule has 0 aromatic carbocycles. The van der Waals surface area contributed by atoms with Crippen molar-refractivity contribution in [3.63, 3.8) is 0 Å². The van der Waals surface area contributed by atoms with E-state index in [-0.39, 0.29) is 6.61 Å². The Morgan fingerprint density at radius 1 is 1.61 bits per heavy atom. The molecule has 1 aromatic rings. The lowest BCUT2D eigenvalue weighted by Gasteiger charge is -2.16. The van der Waals surface area contributed by atoms with Gasteiger partial charge in [-0.25, -0.2) is 22.5 Å². The standard InChI is InChI=1S/C10H16FN3O3S/c1-17-7-8(4-5-12)14-18(15,16)10-9(11)3-2-6-13-10/h2-3,6,8,14H,4-5,7,12H2,1H3. The molecule has 0 aliphatic carbocycles. The fraction of sp³-hybridized carbons (Fsp3) is 0.500. The van der Waals surface area contributed by atoms with Gasteiger partial charge in [0.25, 0.3) is 10.0 Å². The molecule has 1 unspecified atom stereocenters. The molecule has 0 aliphatic heterocycles. The lowest BCUT2D eigenvalue weighted by atomic mass is 10.2. The summed E-state index contributed by atoms with van der Waals surface area (Å²) in [7, 11) is -2.56. The number of methoxy groups -OCH3 is 1. The van der Waals surface area contributed by atoms with Crippen LogP contribution in [0, 0.1) is 5.82 Å². The monoisotopic (exact) mass is 277 g/mol. The molecular formula is C10H16FN3O3S. The summed E-state index contributed by atoms with van der Waals surface area (Å²) >= 11 is 0. The largest absolute Gasteiger partial charge is 0.383 e. The van der Waals surface area contributed by atoms with Crippen LogP contribution in [0.25, 0.3) is 0 Å². The number of sulfonamides is 1. The Morgan fingerprint density at radius 3 is 2.89 bits per heavy atom. The second kappa shape index (κ2) is 6.74. The Hall–Kier alpha value is -1.09. The number of nitrogens with zero attached hydrogens (tertiary/aromatic N) is 1. The van der Waals surface area contributed by atoms with E-state index in [0.717, 1.165) is 6.07 Å². The van der Waals surface area contributed by atoms with E-state index in [9.17, 15) is 12.8 Å². The van der Waals surface area contributed by atoms with Crippen LogP contribution in [0.15, 0.2) is 23.4 Å². The van der Waals surface area contributed by atoms with Crippen molar-refractivity contribution in [3.05, 3.63) is 24.1 Å². The fourth-order valence-corrected chi connectivity index (χ4v) is 2.68. The topological polar surface area (TPSA) is 94.3 Å². The molecule has 0 spiro atoms. The average Bonchev–Trinajstić information content (AvgIpc) is 2.29. The van der Waals surface area contributed by atoms with Gasteiger partial charge < -0.3 is 10.5 Å². The maximum absolute atomic E-state index is 13.4. The van der Waals surface area contributed by atoms with Crippen LogP contribution in [0.1, 0.15) is 6.42 Å². The highest BCUT2D eigenvalue weighted by atomic mass is 32.2. The Kier molecular flexibility index (Phi) is 5.60. The minimum atomic E-state index is -4.01. The van der Waals surface area contributed by atoms with Crippen molar-refractivity contribution in [1.82, 2.24) is 9.71 Å². The maximum atomic E-state index is 13.4. The van der Waals surface area contributed by atoms with Gasteiger partial charge in [0.15, 0.2) is 5.82 Å². The summed E-state index contributed by atoms with van der Waals surface area (Å²) in [4.78, 5) is 3.53. The molecule has 18 heavy (non-hydrogen) atoms. The zero-order valence-corrected chi connectivity index (χ0v) is 10.8. The van der Waals surface area contributed by atoms with Gasteiger partial charge in [0.2, 0.25) is 5.03 Å². The van der Waals surface area contributed by atoms with Gasteiger partial charge in [-0.15, -0.1) is 0 Å². The van der Waals surface area contributed by atoms with Crippen molar-refractivity contribution in [1.29, 1.82) is 0 Å². The molecule has 1 aromatic heterocycles. The predicted molar refractivity (Wildman–Crippen MR) is 63.9 cm³/mol. The average molecular weight is 277 g/mol. The first-order chi connectivity index (χ1) is 8.51. The van der Waals surface area contributed by atoms with Gasteiger partial charge in [-0.3, -0.25) is 0 Å². The normalized spacial score (nSPS) is 13.5. The summed E-state index contributed by atoms with van der Waals surface area (Å²) in [6, 6.07) is 1.85. The minimum Gasteiger partial charge on any atom is -0.383 e. The van der Waals surface area contributed by atoms with Gasteiger partial charge in [0, 0.05) is 19.3 Å². The minimum absolute atomic E-state index is 0.158. The Labute approximate surface area is 105 Å². The van der Waals surface area contributed by atoms with Gasteiger partial charge in [0.05, 0.1) is 6.61 Å². The van der Waals surface area contributed by atoms with E-state index in [0.29, 0.717) is 13.0 Å². The number of aromatic nitrogens is 1. The van der Waals surface area contributed by atoms with E-state index in [2.05, 4.69) is 9.71 Å². The van der Waals surface area contributed by atoms with E-state index in [1.807, 2.05) is 0 Å². The molecule has 0 saturated carbocycles. The summed E-state index contributed by atoms with van der Waals surface area (Å²) in [5, 5.41) is -0.622. The SMILES string of the molecule is COCC(CCN)NS(=O)(=O)c1ncccc1F. The Morgan fingerprint density at radius 2 is 2.33 bits per heavy atom. The molecule has 3 N–H and O–H groups in total. The molecule has 102 valence electrons. The zero-order valence-electron chi connectivity index (χ0n) is 9.97. The highest BCUT2D eigenvalue weighted by molar-refractivity contribution is 7.89. The highest BCUT2D eigenvalue weighted by Crippen LogP contribution is 2.11. The van der Waals surface area contributed by atoms with Crippen LogP contribution in [0.2, 0.25) is 0 Å². The third kappa shape index (κ3) is 3.98. The van der Waals surface area contributed by atoms with Crippen LogP contribution in [0.5, 0.6) is 0 Å². The number of ether oxygens (including phenoxy) is 1. The van der Waals surface area contributed by atoms with Crippen LogP contribution in [0.3, 0.4) is 0 Å². The molecule has 1 heterocycles. The summed E-state index contributed by atoms with van der Waals surface area (Å²) in [5.41, 5.74) is 5.37. The lowest BCUT2D eigenvalue weighted by molar-refractivity contribution is 0.172. The van der Waals surface area contributed by atoms with Gasteiger partial charge in [-0.2, -0.15) is 0 Å². The number of hydrogen-bond donors (Lipinski definition) is 2. The first-order valence-electron chi connectivity index (χ1n) is 5.33. The van der Waals surface area contributed by atoms with Crippen molar-refractivity contribution in [3.8, 4) is 0 Å². The molecule has 6 nitrogen and oxygen atoms in total. The molecule has 0 saturated heterocycles. The van der Waals surface area contributed by atoms with Gasteiger partial charge in [-0.05, 0) is 25.1 Å². The molecule has 1 rings (SSSR count). The Balaban J connectivity index is 2.90. The van der Waals surface area contributed by atoms with Crippen molar-refractivity contribution < 1.29 is 17.5 Å². The smallest absolute Gasteiger partial charge is 0.261 e. The number of nitrogens with two attached hydrogens (primary N) is 1. The molecule has 0 radical (unpaired) electrons. The number of hydrogen-bond acceptors (Lipinski definition) is 5. The van der Waals surface area contributed by atoms with E-state index in [4.69, 9.17) is 10.5 Å². The molecule has 0 bridgehead atoms. The number of halogens is 1. The quantitative estimate of drug-likeness (QED) is 0.723. The van der Waals surface area contributed by atoms with Crippen molar-refractivity contribution in [2.24, 2.45) is 5.73 Å².